The van der Waals surface area contributed by atoms with Gasteiger partial charge in [-0.1, -0.05) is 11.6 Å². The number of nitrogens with one attached hydrogen (secondary N) is 1. The molecule has 0 unspecified atom stereocenters. The molecule has 13 heteroatoms. The second-order valence-corrected chi connectivity index (χ2v) is 11.5. The van der Waals surface area contributed by atoms with Gasteiger partial charge in [0.25, 0.3) is 0 Å². The third-order valence-corrected chi connectivity index (χ3v) is 8.30. The summed E-state index contributed by atoms with van der Waals surface area (Å²) < 4.78 is 41.8. The highest BCUT2D eigenvalue weighted by Gasteiger charge is 2.32. The number of benzene rings is 1. The van der Waals surface area contributed by atoms with Crippen molar-refractivity contribution in [2.24, 2.45) is 0 Å². The summed E-state index contributed by atoms with van der Waals surface area (Å²) in [7, 11) is -3.39. The van der Waals surface area contributed by atoms with E-state index in [0.717, 1.165) is 25.5 Å². The molecule has 1 saturated heterocycles. The van der Waals surface area contributed by atoms with Gasteiger partial charge in [0, 0.05) is 24.7 Å². The van der Waals surface area contributed by atoms with Crippen molar-refractivity contribution in [3.05, 3.63) is 35.0 Å². The first-order chi connectivity index (χ1) is 16.7. The fourth-order valence-corrected chi connectivity index (χ4v) is 5.74. The van der Waals surface area contributed by atoms with Crippen LogP contribution in [-0.2, 0) is 16.6 Å². The van der Waals surface area contributed by atoms with Crippen LogP contribution in [0.2, 0.25) is 5.02 Å². The van der Waals surface area contributed by atoms with Crippen molar-refractivity contribution in [2.75, 3.05) is 24.7 Å². The first-order valence-corrected chi connectivity index (χ1v) is 13.6. The van der Waals surface area contributed by atoms with E-state index >= 15 is 4.39 Å². The molecule has 2 aliphatic rings. The van der Waals surface area contributed by atoms with Gasteiger partial charge in [-0.2, -0.15) is 4.31 Å². The highest BCUT2D eigenvalue weighted by atomic mass is 35.5. The van der Waals surface area contributed by atoms with E-state index < -0.39 is 28.0 Å². The Kier molecular flexibility index (Phi) is 6.43. The van der Waals surface area contributed by atoms with Crippen LogP contribution in [0.1, 0.15) is 37.5 Å². The van der Waals surface area contributed by atoms with Crippen molar-refractivity contribution in [3.8, 4) is 11.3 Å². The molecule has 0 bridgehead atoms. The monoisotopic (exact) mass is 524 g/mol. The van der Waals surface area contributed by atoms with Gasteiger partial charge in [-0.05, 0) is 37.8 Å². The number of nitrogens with zero attached hydrogens (tertiary/aromatic N) is 5. The summed E-state index contributed by atoms with van der Waals surface area (Å²) in [6.07, 6.45) is 4.86. The molecule has 0 radical (unpaired) electrons. The van der Waals surface area contributed by atoms with Gasteiger partial charge in [0.1, 0.15) is 17.9 Å². The molecule has 188 valence electrons. The molecule has 0 spiro atoms. The minimum absolute atomic E-state index is 0.0306. The molecule has 2 fully saturated rings. The number of β-amino-alcohol motifs (C(OH)–C–C–N with tert-alkyl or cyclic N) is 1. The van der Waals surface area contributed by atoms with Gasteiger partial charge in [-0.3, -0.25) is 0 Å². The van der Waals surface area contributed by atoms with Crippen molar-refractivity contribution in [1.82, 2.24) is 23.8 Å². The van der Waals surface area contributed by atoms with E-state index in [2.05, 4.69) is 20.3 Å². The molecule has 2 atom stereocenters. The molecule has 3 N–H and O–H groups in total. The lowest BCUT2D eigenvalue weighted by atomic mass is 9.92. The Bertz CT molecular complexity index is 1380. The van der Waals surface area contributed by atoms with E-state index in [9.17, 15) is 18.6 Å². The number of fused-ring (bicyclic) bond motifs is 1. The number of piperidine rings is 1. The fourth-order valence-electron chi connectivity index (χ4n) is 4.68. The average molecular weight is 525 g/mol. The van der Waals surface area contributed by atoms with Crippen molar-refractivity contribution in [3.63, 3.8) is 0 Å². The average Bonchev–Trinajstić information content (AvgIpc) is 3.13. The fraction of sp³-hybridized carbons (Fsp3) is 0.500. The topological polar surface area (TPSA) is 133 Å². The molecular weight excluding hydrogens is 499 g/mol. The third kappa shape index (κ3) is 4.60. The van der Waals surface area contributed by atoms with Crippen molar-refractivity contribution < 1.29 is 23.0 Å². The van der Waals surface area contributed by atoms with Gasteiger partial charge >= 0.3 is 0 Å². The zero-order chi connectivity index (χ0) is 24.9. The molecule has 10 nitrogen and oxygen atoms in total. The predicted octanol–water partition coefficient (Wildman–Crippen LogP) is 2.31. The van der Waals surface area contributed by atoms with Crippen molar-refractivity contribution in [1.29, 1.82) is 0 Å². The molecular formula is C22H26ClFN6O4S. The van der Waals surface area contributed by atoms with Crippen molar-refractivity contribution >= 4 is 38.6 Å². The van der Waals surface area contributed by atoms with Crippen LogP contribution in [0.25, 0.3) is 22.3 Å². The number of anilines is 1. The van der Waals surface area contributed by atoms with E-state index in [0.29, 0.717) is 29.0 Å². The van der Waals surface area contributed by atoms with Crippen LogP contribution in [0.5, 0.6) is 0 Å². The lowest BCUT2D eigenvalue weighted by Crippen LogP contribution is -2.51. The summed E-state index contributed by atoms with van der Waals surface area (Å²) in [5.74, 6) is 0.0645. The van der Waals surface area contributed by atoms with Crippen LogP contribution < -0.4 is 5.32 Å². The summed E-state index contributed by atoms with van der Waals surface area (Å²) >= 11 is 6.39. The number of aliphatic hydroxyl groups is 2. The molecule has 1 aromatic carbocycles. The van der Waals surface area contributed by atoms with Gasteiger partial charge < -0.3 is 20.1 Å². The zero-order valence-corrected chi connectivity index (χ0v) is 20.6. The summed E-state index contributed by atoms with van der Waals surface area (Å²) in [6.45, 7) is -0.0613. The Labute approximate surface area is 206 Å². The molecule has 3 aromatic rings. The molecule has 1 aliphatic heterocycles. The van der Waals surface area contributed by atoms with Gasteiger partial charge in [0.2, 0.25) is 16.0 Å². The maximum atomic E-state index is 15.1. The number of aromatic nitrogens is 4. The Morgan fingerprint density at radius 3 is 2.66 bits per heavy atom. The molecule has 2 aromatic heterocycles. The van der Waals surface area contributed by atoms with Gasteiger partial charge in [-0.25, -0.2) is 27.8 Å². The zero-order valence-electron chi connectivity index (χ0n) is 19.0. The molecule has 1 aliphatic carbocycles. The molecule has 35 heavy (non-hydrogen) atoms. The first-order valence-electron chi connectivity index (χ1n) is 11.4. The largest absolute Gasteiger partial charge is 0.390 e. The van der Waals surface area contributed by atoms with E-state index in [1.54, 1.807) is 6.07 Å². The van der Waals surface area contributed by atoms with Crippen LogP contribution in [0.4, 0.5) is 10.3 Å². The number of halogens is 2. The number of sulfonamides is 1. The number of hydrogen-bond acceptors (Lipinski definition) is 8. The van der Waals surface area contributed by atoms with Crippen LogP contribution in [0.15, 0.2) is 18.3 Å². The predicted molar refractivity (Wildman–Crippen MR) is 129 cm³/mol. The Morgan fingerprint density at radius 2 is 2.03 bits per heavy atom. The van der Waals surface area contributed by atoms with Crippen LogP contribution >= 0.6 is 11.6 Å². The molecule has 1 saturated carbocycles. The second-order valence-electron chi connectivity index (χ2n) is 9.08. The summed E-state index contributed by atoms with van der Waals surface area (Å²) in [4.78, 5) is 13.0. The first kappa shape index (κ1) is 24.3. The van der Waals surface area contributed by atoms with Crippen LogP contribution in [-0.4, -0.2) is 73.9 Å². The van der Waals surface area contributed by atoms with Gasteiger partial charge in [-0.15, -0.1) is 0 Å². The standard InChI is InChI=1S/C22H26ClFN6O4S/c1-35(33,34)29-6-5-16(18(32)10-29)26-22-25-9-14(23)20(28-22)12-7-15(24)21-17(8-12)30(13-3-2-4-13)19(11-31)27-21/h7-9,13,16,18,31-32H,2-6,10-11H2,1H3,(H,25,26,28)/t16-,18-/m1/s1. The Morgan fingerprint density at radius 1 is 1.26 bits per heavy atom. The molecule has 0 amide bonds. The Hall–Kier alpha value is -2.38. The van der Waals surface area contributed by atoms with E-state index in [-0.39, 0.29) is 42.2 Å². The van der Waals surface area contributed by atoms with E-state index in [1.807, 2.05) is 4.57 Å². The smallest absolute Gasteiger partial charge is 0.223 e. The normalized spacial score (nSPS) is 21.9. The number of rotatable bonds is 6. The third-order valence-electron chi connectivity index (χ3n) is 6.75. The second kappa shape index (κ2) is 9.25. The van der Waals surface area contributed by atoms with Crippen molar-refractivity contribution in [2.45, 2.75) is 50.5 Å². The van der Waals surface area contributed by atoms with E-state index in [1.165, 1.54) is 16.6 Å². The molecule has 5 rings (SSSR count). The van der Waals surface area contributed by atoms with Crippen LogP contribution in [0, 0.1) is 5.82 Å². The maximum Gasteiger partial charge on any atom is 0.223 e. The highest BCUT2D eigenvalue weighted by molar-refractivity contribution is 7.88. The number of hydrogen-bond donors (Lipinski definition) is 3. The lowest BCUT2D eigenvalue weighted by molar-refractivity contribution is 0.0950. The highest BCUT2D eigenvalue weighted by Crippen LogP contribution is 2.38. The Balaban J connectivity index is 1.46. The summed E-state index contributed by atoms with van der Waals surface area (Å²) in [5, 5.41) is 23.5. The lowest BCUT2D eigenvalue weighted by Gasteiger charge is -2.34. The van der Waals surface area contributed by atoms with Gasteiger partial charge in [0.05, 0.1) is 40.8 Å². The number of aliphatic hydroxyl groups excluding tert-OH is 2. The molecule has 3 heterocycles. The quantitative estimate of drug-likeness (QED) is 0.447. The SMILES string of the molecule is CS(=O)(=O)N1CC[C@@H](Nc2ncc(Cl)c(-c3cc(F)c4nc(CO)n(C5CCC5)c4c3)n2)[C@H](O)C1. The minimum Gasteiger partial charge on any atom is -0.390 e. The van der Waals surface area contributed by atoms with Crippen LogP contribution in [0.3, 0.4) is 0 Å². The maximum absolute atomic E-state index is 15.1. The summed E-state index contributed by atoms with van der Waals surface area (Å²) in [5.41, 5.74) is 1.50. The van der Waals surface area contributed by atoms with E-state index in [4.69, 9.17) is 11.6 Å². The minimum atomic E-state index is -3.39. The number of imidazole rings is 1. The van der Waals surface area contributed by atoms with Gasteiger partial charge in [0.15, 0.2) is 5.82 Å². The summed E-state index contributed by atoms with van der Waals surface area (Å²) in [6, 6.07) is 2.77.